The highest BCUT2D eigenvalue weighted by molar-refractivity contribution is 7.16. The van der Waals surface area contributed by atoms with Crippen LogP contribution in [0, 0.1) is 5.82 Å². The van der Waals surface area contributed by atoms with Crippen LogP contribution >= 0.6 is 22.9 Å². The largest absolute Gasteiger partial charge is 0.349 e. The first-order valence-electron chi connectivity index (χ1n) is 4.19. The Kier molecular flexibility index (Phi) is 3.13. The molecule has 2 rings (SSSR count). The van der Waals surface area contributed by atoms with Crippen molar-refractivity contribution in [2.24, 2.45) is 0 Å². The summed E-state index contributed by atoms with van der Waals surface area (Å²) in [5.41, 5.74) is 0. The van der Waals surface area contributed by atoms with E-state index in [4.69, 9.17) is 11.6 Å². The lowest BCUT2D eigenvalue weighted by molar-refractivity contribution is 0.614. The zero-order chi connectivity index (χ0) is 10.7. The van der Waals surface area contributed by atoms with Crippen molar-refractivity contribution in [3.63, 3.8) is 0 Å². The summed E-state index contributed by atoms with van der Waals surface area (Å²) in [4.78, 5) is 8.63. The van der Waals surface area contributed by atoms with E-state index in [1.54, 1.807) is 0 Å². The predicted molar refractivity (Wildman–Crippen MR) is 58.6 cm³/mol. The Hall–Kier alpha value is -1.20. The van der Waals surface area contributed by atoms with E-state index >= 15 is 0 Å². The van der Waals surface area contributed by atoms with E-state index < -0.39 is 5.82 Å². The van der Waals surface area contributed by atoms with Gasteiger partial charge in [-0.15, -0.1) is 11.3 Å². The molecule has 78 valence electrons. The van der Waals surface area contributed by atoms with Crippen molar-refractivity contribution >= 4 is 28.9 Å². The SMILES string of the molecule is Fc1cnc(NCc2ccc(Cl)s2)nc1. The van der Waals surface area contributed by atoms with E-state index in [1.807, 2.05) is 12.1 Å². The molecule has 0 bridgehead atoms. The van der Waals surface area contributed by atoms with Crippen LogP contribution in [0.3, 0.4) is 0 Å². The van der Waals surface area contributed by atoms with Gasteiger partial charge < -0.3 is 5.32 Å². The maximum absolute atomic E-state index is 12.5. The molecule has 0 radical (unpaired) electrons. The van der Waals surface area contributed by atoms with Gasteiger partial charge in [-0.1, -0.05) is 11.6 Å². The summed E-state index contributed by atoms with van der Waals surface area (Å²) in [6, 6.07) is 3.75. The fourth-order valence-corrected chi connectivity index (χ4v) is 2.04. The fraction of sp³-hybridized carbons (Fsp3) is 0.111. The first-order valence-corrected chi connectivity index (χ1v) is 5.39. The number of anilines is 1. The molecule has 0 aliphatic rings. The van der Waals surface area contributed by atoms with Gasteiger partial charge in [-0.05, 0) is 12.1 Å². The van der Waals surface area contributed by atoms with Crippen molar-refractivity contribution in [3.05, 3.63) is 39.6 Å². The van der Waals surface area contributed by atoms with E-state index in [-0.39, 0.29) is 0 Å². The number of hydrogen-bond donors (Lipinski definition) is 1. The first kappa shape index (κ1) is 10.3. The highest BCUT2D eigenvalue weighted by Crippen LogP contribution is 2.21. The molecule has 0 amide bonds. The van der Waals surface area contributed by atoms with Crippen molar-refractivity contribution in [3.8, 4) is 0 Å². The van der Waals surface area contributed by atoms with Crippen LogP contribution in [0.2, 0.25) is 4.34 Å². The average molecular weight is 244 g/mol. The maximum Gasteiger partial charge on any atom is 0.223 e. The minimum Gasteiger partial charge on any atom is -0.349 e. The van der Waals surface area contributed by atoms with Gasteiger partial charge in [0.2, 0.25) is 5.95 Å². The van der Waals surface area contributed by atoms with Crippen LogP contribution in [0.5, 0.6) is 0 Å². The molecule has 1 N–H and O–H groups in total. The second-order valence-corrected chi connectivity index (χ2v) is 4.58. The second-order valence-electron chi connectivity index (χ2n) is 2.78. The van der Waals surface area contributed by atoms with Crippen molar-refractivity contribution in [2.45, 2.75) is 6.54 Å². The van der Waals surface area contributed by atoms with E-state index in [2.05, 4.69) is 15.3 Å². The zero-order valence-electron chi connectivity index (χ0n) is 7.58. The first-order chi connectivity index (χ1) is 7.24. The summed E-state index contributed by atoms with van der Waals surface area (Å²) >= 11 is 7.26. The molecular weight excluding hydrogens is 237 g/mol. The van der Waals surface area contributed by atoms with E-state index in [0.717, 1.165) is 21.6 Å². The van der Waals surface area contributed by atoms with Gasteiger partial charge in [-0.25, -0.2) is 14.4 Å². The molecule has 0 aliphatic heterocycles. The Labute approximate surface area is 95.0 Å². The Morgan fingerprint density at radius 1 is 1.33 bits per heavy atom. The number of aromatic nitrogens is 2. The lowest BCUT2D eigenvalue weighted by Gasteiger charge is -2.01. The molecule has 15 heavy (non-hydrogen) atoms. The smallest absolute Gasteiger partial charge is 0.223 e. The van der Waals surface area contributed by atoms with E-state index in [9.17, 15) is 4.39 Å². The molecular formula is C9H7ClFN3S. The van der Waals surface area contributed by atoms with Crippen molar-refractivity contribution < 1.29 is 4.39 Å². The number of halogens is 2. The molecule has 0 unspecified atom stereocenters. The molecule has 0 spiro atoms. The number of hydrogen-bond acceptors (Lipinski definition) is 4. The molecule has 2 heterocycles. The standard InChI is InChI=1S/C9H7ClFN3S/c10-8-2-1-7(15-8)5-14-9-12-3-6(11)4-13-9/h1-4H,5H2,(H,12,13,14). The van der Waals surface area contributed by atoms with Gasteiger partial charge in [-0.3, -0.25) is 0 Å². The third-order valence-corrected chi connectivity index (χ3v) is 2.90. The van der Waals surface area contributed by atoms with E-state index in [1.165, 1.54) is 11.3 Å². The van der Waals surface area contributed by atoms with Crippen LogP contribution in [-0.4, -0.2) is 9.97 Å². The molecule has 2 aromatic rings. The Morgan fingerprint density at radius 2 is 2.07 bits per heavy atom. The summed E-state index contributed by atoms with van der Waals surface area (Å²) in [5, 5.41) is 2.96. The van der Waals surface area contributed by atoms with Crippen molar-refractivity contribution in [1.82, 2.24) is 9.97 Å². The van der Waals surface area contributed by atoms with Gasteiger partial charge in [0.25, 0.3) is 0 Å². The quantitative estimate of drug-likeness (QED) is 0.901. The molecule has 2 aromatic heterocycles. The number of nitrogens with zero attached hydrogens (tertiary/aromatic N) is 2. The number of nitrogens with one attached hydrogen (secondary N) is 1. The normalized spacial score (nSPS) is 10.3. The number of rotatable bonds is 3. The molecule has 6 heteroatoms. The average Bonchev–Trinajstić information content (AvgIpc) is 2.64. The number of thiophene rings is 1. The topological polar surface area (TPSA) is 37.8 Å². The summed E-state index contributed by atoms with van der Waals surface area (Å²) in [7, 11) is 0. The molecule has 3 nitrogen and oxygen atoms in total. The zero-order valence-corrected chi connectivity index (χ0v) is 9.15. The van der Waals surface area contributed by atoms with Crippen LogP contribution in [0.4, 0.5) is 10.3 Å². The van der Waals surface area contributed by atoms with Gasteiger partial charge in [0.05, 0.1) is 23.3 Å². The maximum atomic E-state index is 12.5. The van der Waals surface area contributed by atoms with Crippen LogP contribution in [0.25, 0.3) is 0 Å². The van der Waals surface area contributed by atoms with Gasteiger partial charge in [-0.2, -0.15) is 0 Å². The second kappa shape index (κ2) is 4.55. The van der Waals surface area contributed by atoms with Crippen LogP contribution in [0.1, 0.15) is 4.88 Å². The highest BCUT2D eigenvalue weighted by atomic mass is 35.5. The molecule has 0 atom stereocenters. The molecule has 0 aromatic carbocycles. The lowest BCUT2D eigenvalue weighted by atomic mass is 10.5. The third kappa shape index (κ3) is 2.87. The summed E-state index contributed by atoms with van der Waals surface area (Å²) in [5.74, 6) is -0.0411. The van der Waals surface area contributed by atoms with Gasteiger partial charge in [0, 0.05) is 4.88 Å². The van der Waals surface area contributed by atoms with Crippen LogP contribution in [-0.2, 0) is 6.54 Å². The minimum atomic E-state index is -0.445. The van der Waals surface area contributed by atoms with Gasteiger partial charge in [0.15, 0.2) is 5.82 Å². The summed E-state index contributed by atoms with van der Waals surface area (Å²) < 4.78 is 13.2. The van der Waals surface area contributed by atoms with Gasteiger partial charge in [0.1, 0.15) is 0 Å². The molecule has 0 aliphatic carbocycles. The summed E-state index contributed by atoms with van der Waals surface area (Å²) in [6.45, 7) is 0.586. The van der Waals surface area contributed by atoms with Gasteiger partial charge >= 0.3 is 0 Å². The van der Waals surface area contributed by atoms with E-state index in [0.29, 0.717) is 12.5 Å². The minimum absolute atomic E-state index is 0.404. The monoisotopic (exact) mass is 243 g/mol. The fourth-order valence-electron chi connectivity index (χ4n) is 1.02. The van der Waals surface area contributed by atoms with Crippen LogP contribution in [0.15, 0.2) is 24.5 Å². The van der Waals surface area contributed by atoms with Crippen molar-refractivity contribution in [1.29, 1.82) is 0 Å². The summed E-state index contributed by atoms with van der Waals surface area (Å²) in [6.07, 6.45) is 2.24. The Balaban J connectivity index is 1.96. The Morgan fingerprint density at radius 3 is 2.67 bits per heavy atom. The molecule has 0 fully saturated rings. The Bertz CT molecular complexity index is 443. The predicted octanol–water partition coefficient (Wildman–Crippen LogP) is 2.94. The molecule has 0 saturated heterocycles. The highest BCUT2D eigenvalue weighted by Gasteiger charge is 1.99. The lowest BCUT2D eigenvalue weighted by Crippen LogP contribution is -2.01. The molecule has 0 saturated carbocycles. The van der Waals surface area contributed by atoms with Crippen molar-refractivity contribution in [2.75, 3.05) is 5.32 Å². The third-order valence-electron chi connectivity index (χ3n) is 1.67. The van der Waals surface area contributed by atoms with Crippen LogP contribution < -0.4 is 5.32 Å².